The Morgan fingerprint density at radius 1 is 1.24 bits per heavy atom. The van der Waals surface area contributed by atoms with Crippen molar-refractivity contribution in [1.82, 2.24) is 4.98 Å². The Hall–Kier alpha value is -0.670. The second kappa shape index (κ2) is 5.32. The molecule has 0 saturated heterocycles. The predicted octanol–water partition coefficient (Wildman–Crippen LogP) is 3.74. The summed E-state index contributed by atoms with van der Waals surface area (Å²) in [6, 6.07) is 2.18. The fourth-order valence-corrected chi connectivity index (χ4v) is 2.85. The lowest BCUT2D eigenvalue weighted by Gasteiger charge is -2.32. The summed E-state index contributed by atoms with van der Waals surface area (Å²) in [6.45, 7) is 0. The van der Waals surface area contributed by atoms with Crippen molar-refractivity contribution >= 4 is 34.8 Å². The molecule has 0 bridgehead atoms. The van der Waals surface area contributed by atoms with Crippen LogP contribution in [0.5, 0.6) is 0 Å². The number of hydrogen-bond acceptors (Lipinski definition) is 3. The molecule has 1 aromatic rings. The highest BCUT2D eigenvalue weighted by Gasteiger charge is 2.21. The maximum absolute atomic E-state index is 6.17. The largest absolute Gasteiger partial charge is 0.382 e. The predicted molar refractivity (Wildman–Crippen MR) is 73.9 cm³/mol. The van der Waals surface area contributed by atoms with Gasteiger partial charge in [-0.05, 0) is 18.9 Å². The van der Waals surface area contributed by atoms with Gasteiger partial charge >= 0.3 is 0 Å². The van der Waals surface area contributed by atoms with Gasteiger partial charge in [0.25, 0.3) is 0 Å². The average molecular weight is 274 g/mol. The third-order valence-electron chi connectivity index (χ3n) is 3.39. The highest BCUT2D eigenvalue weighted by Crippen LogP contribution is 2.33. The molecule has 0 atom stereocenters. The van der Waals surface area contributed by atoms with Crippen LogP contribution >= 0.6 is 23.2 Å². The van der Waals surface area contributed by atoms with Crippen LogP contribution in [0.15, 0.2) is 6.07 Å². The molecular weight excluding hydrogens is 257 g/mol. The highest BCUT2D eigenvalue weighted by molar-refractivity contribution is 6.37. The Bertz CT molecular complexity index is 403. The number of anilines is 2. The summed E-state index contributed by atoms with van der Waals surface area (Å²) in [4.78, 5) is 6.42. The van der Waals surface area contributed by atoms with Crippen LogP contribution in [-0.2, 0) is 0 Å². The van der Waals surface area contributed by atoms with Crippen LogP contribution in [0.1, 0.15) is 32.1 Å². The van der Waals surface area contributed by atoms with Crippen molar-refractivity contribution in [1.29, 1.82) is 0 Å². The zero-order valence-electron chi connectivity index (χ0n) is 9.92. The molecule has 1 fully saturated rings. The molecule has 1 saturated carbocycles. The lowest BCUT2D eigenvalue weighted by atomic mass is 9.94. The number of aromatic nitrogens is 1. The molecule has 2 N–H and O–H groups in total. The first-order chi connectivity index (χ1) is 8.09. The monoisotopic (exact) mass is 273 g/mol. The minimum atomic E-state index is 0.341. The molecule has 0 unspecified atom stereocenters. The van der Waals surface area contributed by atoms with Crippen LogP contribution in [0.3, 0.4) is 0 Å². The SMILES string of the molecule is CN(c1nc(N)c(Cl)cc1Cl)C1CCCCC1. The van der Waals surface area contributed by atoms with Gasteiger partial charge in [-0.3, -0.25) is 0 Å². The summed E-state index contributed by atoms with van der Waals surface area (Å²) in [5.41, 5.74) is 5.73. The van der Waals surface area contributed by atoms with Gasteiger partial charge in [-0.2, -0.15) is 0 Å². The fourth-order valence-electron chi connectivity index (χ4n) is 2.36. The van der Waals surface area contributed by atoms with Crippen molar-refractivity contribution in [3.63, 3.8) is 0 Å². The number of nitrogen functional groups attached to an aromatic ring is 1. The first-order valence-electron chi connectivity index (χ1n) is 5.94. The van der Waals surface area contributed by atoms with Crippen LogP contribution in [0.2, 0.25) is 10.0 Å². The van der Waals surface area contributed by atoms with Crippen molar-refractivity contribution in [2.24, 2.45) is 0 Å². The molecule has 0 amide bonds. The molecule has 0 aliphatic heterocycles. The van der Waals surface area contributed by atoms with Gasteiger partial charge in [0.05, 0.1) is 10.0 Å². The Morgan fingerprint density at radius 3 is 2.53 bits per heavy atom. The summed E-state index contributed by atoms with van der Waals surface area (Å²) in [5, 5.41) is 0.980. The Kier molecular flexibility index (Phi) is 4.00. The van der Waals surface area contributed by atoms with Gasteiger partial charge in [0, 0.05) is 13.1 Å². The fraction of sp³-hybridized carbons (Fsp3) is 0.583. The number of hydrogen-bond donors (Lipinski definition) is 1. The van der Waals surface area contributed by atoms with Gasteiger partial charge in [0.15, 0.2) is 0 Å². The second-order valence-corrected chi connectivity index (χ2v) is 5.38. The number of rotatable bonds is 2. The lowest BCUT2D eigenvalue weighted by molar-refractivity contribution is 0.426. The Morgan fingerprint density at radius 2 is 1.88 bits per heavy atom. The minimum absolute atomic E-state index is 0.341. The number of nitrogens with two attached hydrogens (primary N) is 1. The zero-order valence-corrected chi connectivity index (χ0v) is 11.4. The molecule has 3 nitrogen and oxygen atoms in total. The normalized spacial score (nSPS) is 17.1. The molecule has 1 aromatic heterocycles. The van der Waals surface area contributed by atoms with Crippen molar-refractivity contribution in [3.8, 4) is 0 Å². The number of halogens is 2. The van der Waals surface area contributed by atoms with Gasteiger partial charge in [-0.1, -0.05) is 42.5 Å². The number of pyridine rings is 1. The van der Waals surface area contributed by atoms with Gasteiger partial charge in [0.2, 0.25) is 0 Å². The zero-order chi connectivity index (χ0) is 12.4. The molecule has 17 heavy (non-hydrogen) atoms. The van der Waals surface area contributed by atoms with E-state index in [1.54, 1.807) is 6.07 Å². The topological polar surface area (TPSA) is 42.2 Å². The van der Waals surface area contributed by atoms with Crippen LogP contribution in [-0.4, -0.2) is 18.1 Å². The summed E-state index contributed by atoms with van der Waals surface area (Å²) < 4.78 is 0. The van der Waals surface area contributed by atoms with E-state index in [0.29, 0.717) is 21.9 Å². The maximum atomic E-state index is 6.17. The standard InChI is InChI=1S/C12H17Cl2N3/c1-17(8-5-3-2-4-6-8)12-10(14)7-9(13)11(15)16-12/h7-8H,2-6H2,1H3,(H2,15,16). The quantitative estimate of drug-likeness (QED) is 0.893. The summed E-state index contributed by atoms with van der Waals surface area (Å²) >= 11 is 12.1. The Balaban J connectivity index is 2.23. The van der Waals surface area contributed by atoms with E-state index in [1.807, 2.05) is 7.05 Å². The minimum Gasteiger partial charge on any atom is -0.382 e. The summed E-state index contributed by atoms with van der Waals surface area (Å²) in [5.74, 6) is 1.08. The molecule has 2 rings (SSSR count). The molecule has 0 radical (unpaired) electrons. The third kappa shape index (κ3) is 2.78. The average Bonchev–Trinajstić information content (AvgIpc) is 2.34. The van der Waals surface area contributed by atoms with Crippen LogP contribution < -0.4 is 10.6 Å². The van der Waals surface area contributed by atoms with Gasteiger partial charge in [0.1, 0.15) is 11.6 Å². The van der Waals surface area contributed by atoms with E-state index >= 15 is 0 Å². The molecule has 0 spiro atoms. The lowest BCUT2D eigenvalue weighted by Crippen LogP contribution is -2.34. The second-order valence-electron chi connectivity index (χ2n) is 4.56. The Labute approximate surface area is 112 Å². The van der Waals surface area contributed by atoms with Crippen molar-refractivity contribution in [2.45, 2.75) is 38.1 Å². The van der Waals surface area contributed by atoms with Gasteiger partial charge < -0.3 is 10.6 Å². The van der Waals surface area contributed by atoms with Crippen molar-refractivity contribution in [2.75, 3.05) is 17.7 Å². The highest BCUT2D eigenvalue weighted by atomic mass is 35.5. The van der Waals surface area contributed by atoms with E-state index in [4.69, 9.17) is 28.9 Å². The van der Waals surface area contributed by atoms with Gasteiger partial charge in [-0.15, -0.1) is 0 Å². The van der Waals surface area contributed by atoms with E-state index < -0.39 is 0 Å². The van der Waals surface area contributed by atoms with Crippen LogP contribution in [0.25, 0.3) is 0 Å². The molecular formula is C12H17Cl2N3. The van der Waals surface area contributed by atoms with Crippen molar-refractivity contribution < 1.29 is 0 Å². The molecule has 0 aromatic carbocycles. The molecule has 94 valence electrons. The first kappa shape index (κ1) is 12.8. The third-order valence-corrected chi connectivity index (χ3v) is 3.98. The first-order valence-corrected chi connectivity index (χ1v) is 6.69. The van der Waals surface area contributed by atoms with E-state index in [0.717, 1.165) is 5.82 Å². The summed E-state index contributed by atoms with van der Waals surface area (Å²) in [7, 11) is 2.03. The van der Waals surface area contributed by atoms with Crippen LogP contribution in [0.4, 0.5) is 11.6 Å². The summed E-state index contributed by atoms with van der Waals surface area (Å²) in [6.07, 6.45) is 6.26. The van der Waals surface area contributed by atoms with E-state index in [-0.39, 0.29) is 0 Å². The van der Waals surface area contributed by atoms with E-state index in [2.05, 4.69) is 9.88 Å². The number of nitrogens with zero attached hydrogens (tertiary/aromatic N) is 2. The molecule has 5 heteroatoms. The van der Waals surface area contributed by atoms with Crippen LogP contribution in [0, 0.1) is 0 Å². The molecule has 1 heterocycles. The smallest absolute Gasteiger partial charge is 0.149 e. The van der Waals surface area contributed by atoms with E-state index in [1.165, 1.54) is 32.1 Å². The van der Waals surface area contributed by atoms with Crippen molar-refractivity contribution in [3.05, 3.63) is 16.1 Å². The molecule has 1 aliphatic rings. The molecule has 1 aliphatic carbocycles. The maximum Gasteiger partial charge on any atom is 0.149 e. The van der Waals surface area contributed by atoms with E-state index in [9.17, 15) is 0 Å². The van der Waals surface area contributed by atoms with Gasteiger partial charge in [-0.25, -0.2) is 4.98 Å².